The third-order valence-electron chi connectivity index (χ3n) is 3.15. The van der Waals surface area contributed by atoms with Crippen molar-refractivity contribution in [1.82, 2.24) is 0 Å². The first-order valence-electron chi connectivity index (χ1n) is 6.39. The minimum Gasteiger partial charge on any atom is -0.496 e. The molecular weight excluding hydrogens is 326 g/mol. The van der Waals surface area contributed by atoms with Gasteiger partial charge in [0.15, 0.2) is 0 Å². The van der Waals surface area contributed by atoms with E-state index in [1.165, 1.54) is 20.3 Å². The first kappa shape index (κ1) is 16.5. The normalized spacial score (nSPS) is 11.1. The molecule has 0 saturated carbocycles. The lowest BCUT2D eigenvalue weighted by molar-refractivity contribution is 0.380. The zero-order valence-electron chi connectivity index (χ0n) is 12.4. The van der Waals surface area contributed by atoms with E-state index in [9.17, 15) is 8.42 Å². The van der Waals surface area contributed by atoms with E-state index in [0.29, 0.717) is 22.0 Å². The Morgan fingerprint density at radius 1 is 1.05 bits per heavy atom. The Labute approximate surface area is 134 Å². The van der Waals surface area contributed by atoms with Crippen LogP contribution in [0.5, 0.6) is 11.5 Å². The van der Waals surface area contributed by atoms with Crippen LogP contribution in [0.1, 0.15) is 5.56 Å². The number of ether oxygens (including phenoxy) is 2. The first-order valence-corrected chi connectivity index (χ1v) is 8.25. The fourth-order valence-electron chi connectivity index (χ4n) is 2.08. The van der Waals surface area contributed by atoms with Gasteiger partial charge in [-0.25, -0.2) is 8.42 Å². The average Bonchev–Trinajstić information content (AvgIpc) is 2.49. The van der Waals surface area contributed by atoms with E-state index in [1.807, 2.05) is 0 Å². The maximum atomic E-state index is 12.6. The van der Waals surface area contributed by atoms with Crippen molar-refractivity contribution in [2.24, 2.45) is 0 Å². The van der Waals surface area contributed by atoms with Gasteiger partial charge in [0.1, 0.15) is 16.4 Å². The molecule has 2 aromatic carbocycles. The zero-order valence-corrected chi connectivity index (χ0v) is 14.0. The highest BCUT2D eigenvalue weighted by molar-refractivity contribution is 7.92. The van der Waals surface area contributed by atoms with Crippen molar-refractivity contribution >= 4 is 27.3 Å². The van der Waals surface area contributed by atoms with Crippen molar-refractivity contribution in [3.8, 4) is 11.5 Å². The van der Waals surface area contributed by atoms with Gasteiger partial charge in [0.05, 0.1) is 24.9 Å². The number of hydrogen-bond donors (Lipinski definition) is 1. The summed E-state index contributed by atoms with van der Waals surface area (Å²) in [6.07, 6.45) is 0. The predicted molar refractivity (Wildman–Crippen MR) is 86.5 cm³/mol. The lowest BCUT2D eigenvalue weighted by atomic mass is 10.2. The SMILES string of the molecule is COc1ccc(S(=O)(=O)Nc2ccccc2Cl)c(OC)c1C. The highest BCUT2D eigenvalue weighted by atomic mass is 35.5. The molecule has 2 aromatic rings. The van der Waals surface area contributed by atoms with Crippen molar-refractivity contribution in [1.29, 1.82) is 0 Å². The van der Waals surface area contributed by atoms with Crippen LogP contribution in [0.4, 0.5) is 5.69 Å². The Morgan fingerprint density at radius 3 is 2.32 bits per heavy atom. The number of sulfonamides is 1. The molecule has 0 unspecified atom stereocenters. The fraction of sp³-hybridized carbons (Fsp3) is 0.200. The van der Waals surface area contributed by atoms with Gasteiger partial charge in [0, 0.05) is 5.56 Å². The van der Waals surface area contributed by atoms with Crippen LogP contribution >= 0.6 is 11.6 Å². The Kier molecular flexibility index (Phi) is 4.83. The van der Waals surface area contributed by atoms with Gasteiger partial charge < -0.3 is 9.47 Å². The van der Waals surface area contributed by atoms with Crippen LogP contribution < -0.4 is 14.2 Å². The summed E-state index contributed by atoms with van der Waals surface area (Å²) in [5.74, 6) is 0.785. The van der Waals surface area contributed by atoms with Crippen LogP contribution in [-0.4, -0.2) is 22.6 Å². The van der Waals surface area contributed by atoms with Gasteiger partial charge in [-0.2, -0.15) is 0 Å². The van der Waals surface area contributed by atoms with Gasteiger partial charge in [-0.1, -0.05) is 23.7 Å². The molecule has 0 aliphatic heterocycles. The summed E-state index contributed by atoms with van der Waals surface area (Å²) in [5.41, 5.74) is 0.909. The third kappa shape index (κ3) is 3.13. The Morgan fingerprint density at radius 2 is 1.73 bits per heavy atom. The standard InChI is InChI=1S/C15H16ClNO4S/c1-10-13(20-2)8-9-14(15(10)21-3)22(18,19)17-12-7-5-4-6-11(12)16/h4-9,17H,1-3H3. The molecule has 2 rings (SSSR count). The molecule has 22 heavy (non-hydrogen) atoms. The van der Waals surface area contributed by atoms with Crippen molar-refractivity contribution < 1.29 is 17.9 Å². The van der Waals surface area contributed by atoms with Crippen LogP contribution in [0.2, 0.25) is 5.02 Å². The first-order chi connectivity index (χ1) is 10.4. The smallest absolute Gasteiger partial charge is 0.265 e. The summed E-state index contributed by atoms with van der Waals surface area (Å²) in [4.78, 5) is 0.0215. The molecule has 0 aliphatic rings. The van der Waals surface area contributed by atoms with Crippen molar-refractivity contribution in [3.05, 3.63) is 47.0 Å². The van der Waals surface area contributed by atoms with E-state index in [2.05, 4.69) is 4.72 Å². The van der Waals surface area contributed by atoms with Gasteiger partial charge in [0.2, 0.25) is 0 Å². The lowest BCUT2D eigenvalue weighted by Crippen LogP contribution is -2.15. The van der Waals surface area contributed by atoms with E-state index in [-0.39, 0.29) is 10.6 Å². The molecule has 0 heterocycles. The maximum absolute atomic E-state index is 12.6. The number of benzene rings is 2. The van der Waals surface area contributed by atoms with E-state index >= 15 is 0 Å². The van der Waals surface area contributed by atoms with E-state index < -0.39 is 10.0 Å². The fourth-order valence-corrected chi connectivity index (χ4v) is 3.62. The highest BCUT2D eigenvalue weighted by Crippen LogP contribution is 2.35. The molecule has 0 atom stereocenters. The number of para-hydroxylation sites is 1. The molecule has 7 heteroatoms. The van der Waals surface area contributed by atoms with Crippen LogP contribution in [0.3, 0.4) is 0 Å². The topological polar surface area (TPSA) is 64.6 Å². The van der Waals surface area contributed by atoms with Gasteiger partial charge in [0.25, 0.3) is 10.0 Å². The van der Waals surface area contributed by atoms with E-state index in [1.54, 1.807) is 37.3 Å². The Bertz CT molecular complexity index is 790. The van der Waals surface area contributed by atoms with Gasteiger partial charge >= 0.3 is 0 Å². The number of anilines is 1. The second-order valence-electron chi connectivity index (χ2n) is 4.51. The second-order valence-corrected chi connectivity index (χ2v) is 6.57. The van der Waals surface area contributed by atoms with E-state index in [0.717, 1.165) is 0 Å². The molecule has 118 valence electrons. The third-order valence-corrected chi connectivity index (χ3v) is 4.87. The molecule has 0 aromatic heterocycles. The number of halogens is 1. The molecule has 0 saturated heterocycles. The van der Waals surface area contributed by atoms with E-state index in [4.69, 9.17) is 21.1 Å². The molecule has 0 radical (unpaired) electrons. The molecule has 0 bridgehead atoms. The van der Waals surface area contributed by atoms with Gasteiger partial charge in [-0.05, 0) is 31.2 Å². The van der Waals surface area contributed by atoms with Crippen LogP contribution in [-0.2, 0) is 10.0 Å². The van der Waals surface area contributed by atoms with Crippen LogP contribution in [0, 0.1) is 6.92 Å². The Hall–Kier alpha value is -1.92. The summed E-state index contributed by atoms with van der Waals surface area (Å²) in [7, 11) is -0.916. The average molecular weight is 342 g/mol. The molecule has 1 N–H and O–H groups in total. The number of methoxy groups -OCH3 is 2. The number of rotatable bonds is 5. The molecule has 0 aliphatic carbocycles. The largest absolute Gasteiger partial charge is 0.496 e. The number of hydrogen-bond acceptors (Lipinski definition) is 4. The van der Waals surface area contributed by atoms with Crippen molar-refractivity contribution in [2.45, 2.75) is 11.8 Å². The molecule has 0 fully saturated rings. The minimum atomic E-state index is -3.84. The van der Waals surface area contributed by atoms with Gasteiger partial charge in [-0.15, -0.1) is 0 Å². The summed E-state index contributed by atoms with van der Waals surface area (Å²) in [6.45, 7) is 1.73. The zero-order chi connectivity index (χ0) is 16.3. The highest BCUT2D eigenvalue weighted by Gasteiger charge is 2.23. The number of nitrogens with one attached hydrogen (secondary N) is 1. The predicted octanol–water partition coefficient (Wildman–Crippen LogP) is 3.47. The Balaban J connectivity index is 2.50. The molecule has 0 amide bonds. The molecule has 5 nitrogen and oxygen atoms in total. The summed E-state index contributed by atoms with van der Waals surface area (Å²) in [5, 5.41) is 0.315. The minimum absolute atomic E-state index is 0.0215. The summed E-state index contributed by atoms with van der Waals surface area (Å²) < 4.78 is 38.1. The maximum Gasteiger partial charge on any atom is 0.265 e. The van der Waals surface area contributed by atoms with Crippen molar-refractivity contribution in [2.75, 3.05) is 18.9 Å². The monoisotopic (exact) mass is 341 g/mol. The summed E-state index contributed by atoms with van der Waals surface area (Å²) >= 11 is 5.99. The van der Waals surface area contributed by atoms with Gasteiger partial charge in [-0.3, -0.25) is 4.72 Å². The van der Waals surface area contributed by atoms with Crippen LogP contribution in [0.25, 0.3) is 0 Å². The quantitative estimate of drug-likeness (QED) is 0.904. The molecule has 0 spiro atoms. The van der Waals surface area contributed by atoms with Crippen molar-refractivity contribution in [3.63, 3.8) is 0 Å². The summed E-state index contributed by atoms with van der Waals surface area (Å²) in [6, 6.07) is 9.62. The second kappa shape index (κ2) is 6.46. The molecular formula is C15H16ClNO4S. The van der Waals surface area contributed by atoms with Crippen LogP contribution in [0.15, 0.2) is 41.3 Å². The lowest BCUT2D eigenvalue weighted by Gasteiger charge is -2.16.